The fourth-order valence-electron chi connectivity index (χ4n) is 3.37. The van der Waals surface area contributed by atoms with E-state index in [9.17, 15) is 9.18 Å². The molecule has 0 aliphatic carbocycles. The van der Waals surface area contributed by atoms with Gasteiger partial charge >= 0.3 is 5.97 Å². The molecule has 0 amide bonds. The number of ether oxygens (including phenoxy) is 2. The van der Waals surface area contributed by atoms with Crippen LogP contribution in [0.5, 0.6) is 5.75 Å². The zero-order valence-electron chi connectivity index (χ0n) is 16.2. The first kappa shape index (κ1) is 20.0. The van der Waals surface area contributed by atoms with Crippen molar-refractivity contribution in [2.45, 2.75) is 40.0 Å². The summed E-state index contributed by atoms with van der Waals surface area (Å²) in [5, 5.41) is 0. The number of carbonyl (C=O) groups excluding carboxylic acids is 1. The number of rotatable bonds is 7. The van der Waals surface area contributed by atoms with Crippen molar-refractivity contribution in [3.8, 4) is 16.9 Å². The van der Waals surface area contributed by atoms with Gasteiger partial charge in [0.15, 0.2) is 0 Å². The molecule has 0 spiro atoms. The van der Waals surface area contributed by atoms with Crippen LogP contribution in [0.3, 0.4) is 0 Å². The minimum absolute atomic E-state index is 0.0353. The fraction of sp³-hybridized carbons (Fsp3) is 0.409. The minimum atomic E-state index is -0.391. The number of benzene rings is 2. The average molecular weight is 358 g/mol. The van der Waals surface area contributed by atoms with Gasteiger partial charge in [-0.3, -0.25) is 0 Å². The average Bonchev–Trinajstić information content (AvgIpc) is 2.61. The van der Waals surface area contributed by atoms with Gasteiger partial charge in [0.1, 0.15) is 11.6 Å². The molecule has 0 aromatic heterocycles. The van der Waals surface area contributed by atoms with Crippen LogP contribution in [0.25, 0.3) is 11.1 Å². The molecule has 0 unspecified atom stereocenters. The van der Waals surface area contributed by atoms with Crippen molar-refractivity contribution in [2.75, 3.05) is 14.2 Å². The molecule has 0 saturated heterocycles. The lowest BCUT2D eigenvalue weighted by molar-refractivity contribution is 0.0600. The first-order valence-corrected chi connectivity index (χ1v) is 8.86. The number of esters is 1. The first-order chi connectivity index (χ1) is 12.3. The molecule has 0 bridgehead atoms. The Morgan fingerprint density at radius 1 is 1.08 bits per heavy atom. The molecule has 0 radical (unpaired) electrons. The Labute approximate surface area is 155 Å². The normalized spacial score (nSPS) is 11.3. The number of methoxy groups -OCH3 is 2. The van der Waals surface area contributed by atoms with Gasteiger partial charge in [0.05, 0.1) is 19.8 Å². The van der Waals surface area contributed by atoms with Gasteiger partial charge in [0.2, 0.25) is 0 Å². The van der Waals surface area contributed by atoms with Crippen LogP contribution in [-0.4, -0.2) is 20.2 Å². The van der Waals surface area contributed by atoms with Crippen LogP contribution >= 0.6 is 0 Å². The smallest absolute Gasteiger partial charge is 0.337 e. The maximum Gasteiger partial charge on any atom is 0.337 e. The lowest BCUT2D eigenvalue weighted by Gasteiger charge is -2.26. The second-order valence-corrected chi connectivity index (χ2v) is 7.30. The van der Waals surface area contributed by atoms with Crippen LogP contribution in [-0.2, 0) is 11.2 Å². The Hall–Kier alpha value is -2.36. The van der Waals surface area contributed by atoms with E-state index in [1.807, 2.05) is 6.07 Å². The van der Waals surface area contributed by atoms with E-state index in [0.29, 0.717) is 16.9 Å². The summed E-state index contributed by atoms with van der Waals surface area (Å²) in [4.78, 5) is 12.0. The molecular formula is C22H27FO3. The van der Waals surface area contributed by atoms with Crippen molar-refractivity contribution in [3.63, 3.8) is 0 Å². The van der Waals surface area contributed by atoms with Crippen molar-refractivity contribution in [1.82, 2.24) is 0 Å². The second kappa shape index (κ2) is 8.35. The molecule has 26 heavy (non-hydrogen) atoms. The van der Waals surface area contributed by atoms with Crippen molar-refractivity contribution >= 4 is 5.97 Å². The quantitative estimate of drug-likeness (QED) is 0.599. The van der Waals surface area contributed by atoms with E-state index in [1.54, 1.807) is 31.4 Å². The number of hydrogen-bond donors (Lipinski definition) is 0. The summed E-state index contributed by atoms with van der Waals surface area (Å²) < 4.78 is 24.6. The van der Waals surface area contributed by atoms with Crippen LogP contribution in [0.1, 0.15) is 49.5 Å². The van der Waals surface area contributed by atoms with Crippen molar-refractivity contribution in [1.29, 1.82) is 0 Å². The van der Waals surface area contributed by atoms with Crippen molar-refractivity contribution in [2.24, 2.45) is 5.41 Å². The Kier molecular flexibility index (Phi) is 6.41. The van der Waals surface area contributed by atoms with E-state index in [0.717, 1.165) is 30.4 Å². The molecule has 2 aromatic carbocycles. The molecule has 3 nitrogen and oxygen atoms in total. The van der Waals surface area contributed by atoms with E-state index < -0.39 is 5.97 Å². The van der Waals surface area contributed by atoms with Crippen molar-refractivity contribution < 1.29 is 18.7 Å². The highest BCUT2D eigenvalue weighted by atomic mass is 19.1. The Morgan fingerprint density at radius 3 is 2.42 bits per heavy atom. The summed E-state index contributed by atoms with van der Waals surface area (Å²) in [6.45, 7) is 6.52. The van der Waals surface area contributed by atoms with Crippen molar-refractivity contribution in [3.05, 3.63) is 53.3 Å². The van der Waals surface area contributed by atoms with E-state index in [1.165, 1.54) is 13.2 Å². The molecule has 0 aliphatic rings. The zero-order valence-corrected chi connectivity index (χ0v) is 16.2. The van der Waals surface area contributed by atoms with Crippen LogP contribution in [0.15, 0.2) is 36.4 Å². The molecule has 140 valence electrons. The Morgan fingerprint density at radius 2 is 1.81 bits per heavy atom. The number of hydrogen-bond acceptors (Lipinski definition) is 3. The van der Waals surface area contributed by atoms with Gasteiger partial charge in [-0.15, -0.1) is 0 Å². The highest BCUT2D eigenvalue weighted by Gasteiger charge is 2.22. The summed E-state index contributed by atoms with van der Waals surface area (Å²) >= 11 is 0. The standard InChI is InChI=1S/C22H27FO3/c1-6-11-22(2,3)14-16-12-15(21(24)26-5)7-9-18(16)19-13-17(25-4)8-10-20(19)23/h7-10,12-13H,6,11,14H2,1-5H3. The van der Waals surface area contributed by atoms with Gasteiger partial charge in [-0.05, 0) is 59.7 Å². The largest absolute Gasteiger partial charge is 0.497 e. The second-order valence-electron chi connectivity index (χ2n) is 7.30. The van der Waals surface area contributed by atoms with Gasteiger partial charge in [0.25, 0.3) is 0 Å². The Bertz CT molecular complexity index is 781. The third kappa shape index (κ3) is 4.63. The van der Waals surface area contributed by atoms with Gasteiger partial charge in [-0.2, -0.15) is 0 Å². The summed E-state index contributed by atoms with van der Waals surface area (Å²) in [6, 6.07) is 9.99. The molecule has 4 heteroatoms. The summed E-state index contributed by atoms with van der Waals surface area (Å²) in [7, 11) is 2.92. The molecule has 0 aliphatic heterocycles. The maximum atomic E-state index is 14.5. The van der Waals surface area contributed by atoms with Gasteiger partial charge < -0.3 is 9.47 Å². The maximum absolute atomic E-state index is 14.5. The van der Waals surface area contributed by atoms with Crippen LogP contribution < -0.4 is 4.74 Å². The predicted molar refractivity (Wildman–Crippen MR) is 102 cm³/mol. The number of halogens is 1. The highest BCUT2D eigenvalue weighted by Crippen LogP contribution is 2.35. The molecule has 0 heterocycles. The van der Waals surface area contributed by atoms with Crippen LogP contribution in [0, 0.1) is 11.2 Å². The summed E-state index contributed by atoms with van der Waals surface area (Å²) in [5.41, 5.74) is 2.69. The molecule has 2 rings (SSSR count). The van der Waals surface area contributed by atoms with E-state index in [-0.39, 0.29) is 11.2 Å². The SMILES string of the molecule is CCCC(C)(C)Cc1cc(C(=O)OC)ccc1-c1cc(OC)ccc1F. The molecule has 2 aromatic rings. The minimum Gasteiger partial charge on any atom is -0.497 e. The molecular weight excluding hydrogens is 331 g/mol. The van der Waals surface area contributed by atoms with Crippen LogP contribution in [0.2, 0.25) is 0 Å². The predicted octanol–water partition coefficient (Wildman–Crippen LogP) is 5.66. The lowest BCUT2D eigenvalue weighted by Crippen LogP contribution is -2.16. The molecule has 0 N–H and O–H groups in total. The van der Waals surface area contributed by atoms with E-state index in [4.69, 9.17) is 9.47 Å². The third-order valence-electron chi connectivity index (χ3n) is 4.59. The third-order valence-corrected chi connectivity index (χ3v) is 4.59. The Balaban J connectivity index is 2.59. The van der Waals surface area contributed by atoms with E-state index in [2.05, 4.69) is 20.8 Å². The van der Waals surface area contributed by atoms with Gasteiger partial charge in [-0.25, -0.2) is 9.18 Å². The first-order valence-electron chi connectivity index (χ1n) is 8.86. The fourth-order valence-corrected chi connectivity index (χ4v) is 3.37. The van der Waals surface area contributed by atoms with E-state index >= 15 is 0 Å². The highest BCUT2D eigenvalue weighted by molar-refractivity contribution is 5.90. The molecule has 0 atom stereocenters. The lowest BCUT2D eigenvalue weighted by atomic mass is 9.79. The van der Waals surface area contributed by atoms with Gasteiger partial charge in [0, 0.05) is 5.56 Å². The monoisotopic (exact) mass is 358 g/mol. The van der Waals surface area contributed by atoms with Crippen LogP contribution in [0.4, 0.5) is 4.39 Å². The topological polar surface area (TPSA) is 35.5 Å². The zero-order chi connectivity index (χ0) is 19.3. The summed E-state index contributed by atoms with van der Waals surface area (Å²) in [6.07, 6.45) is 2.83. The molecule has 0 fully saturated rings. The summed E-state index contributed by atoms with van der Waals surface area (Å²) in [5.74, 6) is -0.111. The molecule has 0 saturated carbocycles. The van der Waals surface area contributed by atoms with Gasteiger partial charge in [-0.1, -0.05) is 33.3 Å². The number of carbonyl (C=O) groups is 1.